The molecule has 21 heavy (non-hydrogen) atoms. The summed E-state index contributed by atoms with van der Waals surface area (Å²) in [5, 5.41) is 3.80. The van der Waals surface area contributed by atoms with Crippen molar-refractivity contribution in [3.63, 3.8) is 0 Å². The minimum absolute atomic E-state index is 0.629. The largest absolute Gasteiger partial charge is 0.367 e. The van der Waals surface area contributed by atoms with E-state index < -0.39 is 0 Å². The first kappa shape index (κ1) is 14.4. The van der Waals surface area contributed by atoms with E-state index in [-0.39, 0.29) is 0 Å². The summed E-state index contributed by atoms with van der Waals surface area (Å²) >= 11 is 0. The molecule has 0 amide bonds. The van der Waals surface area contributed by atoms with E-state index in [0.29, 0.717) is 6.04 Å². The van der Waals surface area contributed by atoms with E-state index in [0.717, 1.165) is 12.1 Å². The maximum atomic E-state index is 4.85. The molecule has 2 aromatic heterocycles. The van der Waals surface area contributed by atoms with E-state index in [9.17, 15) is 0 Å². The average Bonchev–Trinajstić information content (AvgIpc) is 2.87. The van der Waals surface area contributed by atoms with Crippen molar-refractivity contribution in [3.05, 3.63) is 30.1 Å². The first-order valence-corrected chi connectivity index (χ1v) is 8.61. The van der Waals surface area contributed by atoms with Gasteiger partial charge in [-0.15, -0.1) is 0 Å². The van der Waals surface area contributed by atoms with Gasteiger partial charge in [-0.05, 0) is 37.8 Å². The van der Waals surface area contributed by atoms with Crippen molar-refractivity contribution < 1.29 is 0 Å². The Labute approximate surface area is 127 Å². The van der Waals surface area contributed by atoms with Crippen LogP contribution >= 0.6 is 0 Å². The van der Waals surface area contributed by atoms with Crippen molar-refractivity contribution in [1.29, 1.82) is 0 Å². The van der Waals surface area contributed by atoms with Crippen LogP contribution in [0.1, 0.15) is 64.0 Å². The van der Waals surface area contributed by atoms with Gasteiger partial charge in [-0.3, -0.25) is 4.40 Å². The fourth-order valence-electron chi connectivity index (χ4n) is 3.35. The molecule has 0 bridgehead atoms. The van der Waals surface area contributed by atoms with Crippen LogP contribution in [0.25, 0.3) is 5.65 Å². The van der Waals surface area contributed by atoms with E-state index in [4.69, 9.17) is 4.98 Å². The van der Waals surface area contributed by atoms with Crippen LogP contribution in [0.3, 0.4) is 0 Å². The van der Waals surface area contributed by atoms with Crippen LogP contribution in [0.2, 0.25) is 0 Å². The second-order valence-electron chi connectivity index (χ2n) is 6.27. The third-order valence-electron chi connectivity index (χ3n) is 4.57. The zero-order valence-corrected chi connectivity index (χ0v) is 13.1. The van der Waals surface area contributed by atoms with E-state index in [1.807, 2.05) is 0 Å². The molecule has 0 aliphatic heterocycles. The number of pyridine rings is 1. The fraction of sp³-hybridized carbons (Fsp3) is 0.611. The van der Waals surface area contributed by atoms with Gasteiger partial charge in [0.2, 0.25) is 0 Å². The van der Waals surface area contributed by atoms with Crippen molar-refractivity contribution in [1.82, 2.24) is 9.38 Å². The van der Waals surface area contributed by atoms with E-state index in [1.54, 1.807) is 0 Å². The maximum Gasteiger partial charge on any atom is 0.138 e. The number of fused-ring (bicyclic) bond motifs is 1. The second kappa shape index (κ2) is 6.97. The van der Waals surface area contributed by atoms with Crippen LogP contribution in [0.15, 0.2) is 24.4 Å². The van der Waals surface area contributed by atoms with Gasteiger partial charge >= 0.3 is 0 Å². The highest BCUT2D eigenvalue weighted by Gasteiger charge is 2.18. The lowest BCUT2D eigenvalue weighted by Crippen LogP contribution is -2.23. The second-order valence-corrected chi connectivity index (χ2v) is 6.27. The summed E-state index contributed by atoms with van der Waals surface area (Å²) < 4.78 is 2.23. The topological polar surface area (TPSA) is 29.3 Å². The molecule has 0 atom stereocenters. The highest BCUT2D eigenvalue weighted by molar-refractivity contribution is 5.55. The van der Waals surface area contributed by atoms with Gasteiger partial charge in [0.05, 0.1) is 5.69 Å². The van der Waals surface area contributed by atoms with Gasteiger partial charge in [0.15, 0.2) is 0 Å². The van der Waals surface area contributed by atoms with Crippen molar-refractivity contribution in [2.45, 2.75) is 70.8 Å². The molecule has 114 valence electrons. The van der Waals surface area contributed by atoms with Crippen LogP contribution in [0.5, 0.6) is 0 Å². The summed E-state index contributed by atoms with van der Waals surface area (Å²) in [6, 6.07) is 6.90. The summed E-state index contributed by atoms with van der Waals surface area (Å²) in [7, 11) is 0. The molecule has 0 unspecified atom stereocenters. The highest BCUT2D eigenvalue weighted by atomic mass is 15.1. The molecule has 0 spiro atoms. The fourth-order valence-corrected chi connectivity index (χ4v) is 3.35. The van der Waals surface area contributed by atoms with Crippen LogP contribution < -0.4 is 5.32 Å². The Hall–Kier alpha value is -1.51. The average molecular weight is 285 g/mol. The van der Waals surface area contributed by atoms with Gasteiger partial charge in [-0.2, -0.15) is 0 Å². The highest BCUT2D eigenvalue weighted by Crippen LogP contribution is 2.26. The molecule has 3 nitrogen and oxygen atoms in total. The first-order chi connectivity index (χ1) is 10.4. The van der Waals surface area contributed by atoms with Gasteiger partial charge < -0.3 is 5.32 Å². The van der Waals surface area contributed by atoms with Crippen LogP contribution in [0.4, 0.5) is 5.82 Å². The summed E-state index contributed by atoms with van der Waals surface area (Å²) in [6.45, 7) is 2.25. The minimum atomic E-state index is 0.629. The number of imidazole rings is 1. The zero-order valence-electron chi connectivity index (χ0n) is 13.1. The van der Waals surface area contributed by atoms with Crippen LogP contribution in [0, 0.1) is 0 Å². The van der Waals surface area contributed by atoms with Crippen LogP contribution in [-0.2, 0) is 6.42 Å². The lowest BCUT2D eigenvalue weighted by atomic mass is 9.95. The Kier molecular flexibility index (Phi) is 4.79. The molecule has 1 aliphatic carbocycles. The van der Waals surface area contributed by atoms with Crippen molar-refractivity contribution in [3.8, 4) is 0 Å². The van der Waals surface area contributed by atoms with Gasteiger partial charge in [0, 0.05) is 12.2 Å². The number of aryl methyl sites for hydroxylation is 1. The Balaban J connectivity index is 1.83. The SMILES string of the molecule is CCCCCc1nc2ccccn2c1NC1CCCCC1. The predicted molar refractivity (Wildman–Crippen MR) is 88.9 cm³/mol. The molecule has 1 saturated carbocycles. The molecule has 3 rings (SSSR count). The van der Waals surface area contributed by atoms with Crippen molar-refractivity contribution in [2.75, 3.05) is 5.32 Å². The predicted octanol–water partition coefficient (Wildman–Crippen LogP) is 4.81. The molecule has 0 radical (unpaired) electrons. The summed E-state index contributed by atoms with van der Waals surface area (Å²) in [4.78, 5) is 4.85. The number of rotatable bonds is 6. The van der Waals surface area contributed by atoms with E-state index >= 15 is 0 Å². The normalized spacial score (nSPS) is 16.4. The van der Waals surface area contributed by atoms with E-state index in [2.05, 4.69) is 41.0 Å². The Morgan fingerprint density at radius 2 is 2.05 bits per heavy atom. The third-order valence-corrected chi connectivity index (χ3v) is 4.57. The van der Waals surface area contributed by atoms with E-state index in [1.165, 1.54) is 62.9 Å². The third kappa shape index (κ3) is 3.39. The smallest absolute Gasteiger partial charge is 0.138 e. The molecule has 3 heteroatoms. The number of hydrogen-bond donors (Lipinski definition) is 1. The molecule has 2 aromatic rings. The number of unbranched alkanes of at least 4 members (excludes halogenated alkanes) is 2. The first-order valence-electron chi connectivity index (χ1n) is 8.61. The molecule has 0 aromatic carbocycles. The molecule has 1 fully saturated rings. The summed E-state index contributed by atoms with van der Waals surface area (Å²) in [5.41, 5.74) is 2.32. The Bertz CT molecular complexity index is 567. The van der Waals surface area contributed by atoms with Crippen molar-refractivity contribution >= 4 is 11.5 Å². The van der Waals surface area contributed by atoms with Gasteiger partial charge in [0.1, 0.15) is 11.5 Å². The molecular weight excluding hydrogens is 258 g/mol. The monoisotopic (exact) mass is 285 g/mol. The molecule has 1 aliphatic rings. The molecule has 2 heterocycles. The number of nitrogens with one attached hydrogen (secondary N) is 1. The van der Waals surface area contributed by atoms with Crippen molar-refractivity contribution in [2.24, 2.45) is 0 Å². The molecular formula is C18H27N3. The van der Waals surface area contributed by atoms with Gasteiger partial charge in [0.25, 0.3) is 0 Å². The Morgan fingerprint density at radius 1 is 1.19 bits per heavy atom. The maximum absolute atomic E-state index is 4.85. The summed E-state index contributed by atoms with van der Waals surface area (Å²) in [6.07, 6.45) is 13.7. The molecule has 0 saturated heterocycles. The summed E-state index contributed by atoms with van der Waals surface area (Å²) in [5.74, 6) is 1.24. The zero-order chi connectivity index (χ0) is 14.5. The van der Waals surface area contributed by atoms with Crippen LogP contribution in [-0.4, -0.2) is 15.4 Å². The number of aromatic nitrogens is 2. The Morgan fingerprint density at radius 3 is 2.86 bits per heavy atom. The van der Waals surface area contributed by atoms with Gasteiger partial charge in [-0.1, -0.05) is 45.1 Å². The molecule has 1 N–H and O–H groups in total. The standard InChI is InChI=1S/C18H27N3/c1-2-3-5-12-16-18(19-15-10-6-4-7-11-15)21-14-9-8-13-17(21)20-16/h8-9,13-15,19H,2-7,10-12H2,1H3. The number of anilines is 1. The minimum Gasteiger partial charge on any atom is -0.367 e. The van der Waals surface area contributed by atoms with Gasteiger partial charge in [-0.25, -0.2) is 4.98 Å². The lowest BCUT2D eigenvalue weighted by molar-refractivity contribution is 0.461. The number of hydrogen-bond acceptors (Lipinski definition) is 2. The lowest BCUT2D eigenvalue weighted by Gasteiger charge is -2.24. The quantitative estimate of drug-likeness (QED) is 0.772. The number of nitrogens with zero attached hydrogens (tertiary/aromatic N) is 2.